The average Bonchev–Trinajstić information content (AvgIpc) is 3.29. The second-order valence-corrected chi connectivity index (χ2v) is 11.2. The van der Waals surface area contributed by atoms with Gasteiger partial charge < -0.3 is 10.2 Å². The Bertz CT molecular complexity index is 670. The lowest BCUT2D eigenvalue weighted by molar-refractivity contribution is -0.143. The summed E-state index contributed by atoms with van der Waals surface area (Å²) in [4.78, 5) is 18.5. The Morgan fingerprint density at radius 1 is 1.11 bits per heavy atom. The first-order valence-corrected chi connectivity index (χ1v) is 11.9. The molecule has 5 rings (SSSR count). The molecule has 5 fully saturated rings. The summed E-state index contributed by atoms with van der Waals surface area (Å²) >= 11 is 0. The van der Waals surface area contributed by atoms with Crippen LogP contribution in [-0.2, 0) is 9.63 Å². The Morgan fingerprint density at radius 2 is 1.96 bits per heavy atom. The standard InChI is InChI=1S/C24H38N2O2/c1-15-12-16-13-17(26-28-18-8-11-25-14-18)6-9-23(16,2)20-7-10-24(3)19(22(15)20)4-5-21(24)27/h15-16,18-20,22,25H,4-14H2,1-3H3/b26-17-/t15-,16?,18+,19+,20+,22+,23+,24+/m1/s1. The van der Waals surface area contributed by atoms with Crippen molar-refractivity contribution >= 4 is 11.5 Å². The zero-order valence-corrected chi connectivity index (χ0v) is 18.0. The maximum absolute atomic E-state index is 12.7. The van der Waals surface area contributed by atoms with Gasteiger partial charge in [-0.25, -0.2) is 0 Å². The molecule has 5 aliphatic rings. The zero-order valence-electron chi connectivity index (χ0n) is 18.0. The lowest BCUT2D eigenvalue weighted by Gasteiger charge is -2.61. The molecule has 0 radical (unpaired) electrons. The highest BCUT2D eigenvalue weighted by Crippen LogP contribution is 2.66. The van der Waals surface area contributed by atoms with Gasteiger partial charge in [-0.2, -0.15) is 0 Å². The van der Waals surface area contributed by atoms with Gasteiger partial charge in [0.15, 0.2) is 0 Å². The fraction of sp³-hybridized carbons (Fsp3) is 0.917. The van der Waals surface area contributed by atoms with Crippen LogP contribution in [0.1, 0.15) is 78.6 Å². The van der Waals surface area contributed by atoms with Crippen LogP contribution < -0.4 is 5.32 Å². The Kier molecular flexibility index (Phi) is 4.65. The van der Waals surface area contributed by atoms with Crippen LogP contribution in [0, 0.1) is 40.4 Å². The Balaban J connectivity index is 1.34. The third kappa shape index (κ3) is 2.80. The zero-order chi connectivity index (χ0) is 19.5. The van der Waals surface area contributed by atoms with Crippen molar-refractivity contribution in [3.05, 3.63) is 0 Å². The van der Waals surface area contributed by atoms with Gasteiger partial charge in [-0.05, 0) is 86.5 Å². The number of hydrogen-bond donors (Lipinski definition) is 1. The highest BCUT2D eigenvalue weighted by atomic mass is 16.6. The fourth-order valence-corrected chi connectivity index (χ4v) is 8.16. The number of carbonyl (C=O) groups excluding carboxylic acids is 1. The number of hydrogen-bond acceptors (Lipinski definition) is 4. The van der Waals surface area contributed by atoms with Crippen LogP contribution in [0.25, 0.3) is 0 Å². The largest absolute Gasteiger partial charge is 0.391 e. The lowest BCUT2D eigenvalue weighted by Crippen LogP contribution is -2.56. The highest BCUT2D eigenvalue weighted by Gasteiger charge is 2.61. The second-order valence-electron chi connectivity index (χ2n) is 11.2. The van der Waals surface area contributed by atoms with Crippen molar-refractivity contribution in [2.45, 2.75) is 84.7 Å². The minimum absolute atomic E-state index is 0.0108. The number of nitrogens with zero attached hydrogens (tertiary/aromatic N) is 1. The molecule has 4 aliphatic carbocycles. The molecule has 4 saturated carbocycles. The molecule has 1 N–H and O–H groups in total. The van der Waals surface area contributed by atoms with Crippen molar-refractivity contribution < 1.29 is 9.63 Å². The maximum atomic E-state index is 12.7. The van der Waals surface area contributed by atoms with Crippen molar-refractivity contribution in [3.8, 4) is 0 Å². The molecule has 156 valence electrons. The molecule has 1 heterocycles. The molecule has 28 heavy (non-hydrogen) atoms. The molecule has 0 aromatic carbocycles. The first kappa shape index (κ1) is 19.1. The lowest BCUT2D eigenvalue weighted by atomic mass is 9.43. The Morgan fingerprint density at radius 3 is 2.75 bits per heavy atom. The van der Waals surface area contributed by atoms with Crippen LogP contribution >= 0.6 is 0 Å². The fourth-order valence-electron chi connectivity index (χ4n) is 8.16. The predicted octanol–water partition coefficient (Wildman–Crippen LogP) is 4.58. The minimum atomic E-state index is -0.0108. The van der Waals surface area contributed by atoms with E-state index < -0.39 is 0 Å². The van der Waals surface area contributed by atoms with E-state index in [9.17, 15) is 4.79 Å². The van der Waals surface area contributed by atoms with Gasteiger partial charge in [0, 0.05) is 24.8 Å². The van der Waals surface area contributed by atoms with E-state index in [0.29, 0.717) is 17.1 Å². The van der Waals surface area contributed by atoms with Gasteiger partial charge in [0.25, 0.3) is 0 Å². The maximum Gasteiger partial charge on any atom is 0.141 e. The van der Waals surface area contributed by atoms with Gasteiger partial charge >= 0.3 is 0 Å². The summed E-state index contributed by atoms with van der Waals surface area (Å²) in [6.07, 6.45) is 10.5. The van der Waals surface area contributed by atoms with Crippen LogP contribution in [0.4, 0.5) is 0 Å². The number of carbonyl (C=O) groups is 1. The van der Waals surface area contributed by atoms with E-state index >= 15 is 0 Å². The minimum Gasteiger partial charge on any atom is -0.391 e. The molecule has 0 bridgehead atoms. The van der Waals surface area contributed by atoms with E-state index in [2.05, 4.69) is 31.2 Å². The summed E-state index contributed by atoms with van der Waals surface area (Å²) in [5.41, 5.74) is 1.72. The summed E-state index contributed by atoms with van der Waals surface area (Å²) < 4.78 is 0. The average molecular weight is 387 g/mol. The molecule has 4 heteroatoms. The van der Waals surface area contributed by atoms with Crippen LogP contribution in [0.15, 0.2) is 5.16 Å². The Hall–Kier alpha value is -0.900. The number of nitrogens with one attached hydrogen (secondary N) is 1. The number of rotatable bonds is 2. The molecule has 8 atom stereocenters. The van der Waals surface area contributed by atoms with Gasteiger partial charge in [-0.3, -0.25) is 4.79 Å². The topological polar surface area (TPSA) is 50.7 Å². The third-order valence-corrected chi connectivity index (χ3v) is 9.91. The summed E-state index contributed by atoms with van der Waals surface area (Å²) in [5, 5.41) is 7.98. The first-order chi connectivity index (χ1) is 13.4. The molecule has 0 aromatic heterocycles. The smallest absolute Gasteiger partial charge is 0.141 e. The van der Waals surface area contributed by atoms with Crippen molar-refractivity contribution in [2.75, 3.05) is 13.1 Å². The van der Waals surface area contributed by atoms with Gasteiger partial charge in [0.05, 0.1) is 5.71 Å². The predicted molar refractivity (Wildman–Crippen MR) is 111 cm³/mol. The van der Waals surface area contributed by atoms with E-state index in [4.69, 9.17) is 4.84 Å². The van der Waals surface area contributed by atoms with Gasteiger partial charge in [-0.1, -0.05) is 25.9 Å². The molecule has 0 spiro atoms. The second kappa shape index (κ2) is 6.82. The molecule has 1 aliphatic heterocycles. The summed E-state index contributed by atoms with van der Waals surface area (Å²) in [6.45, 7) is 9.36. The van der Waals surface area contributed by atoms with E-state index in [1.807, 2.05) is 0 Å². The number of ketones is 1. The molecular formula is C24H38N2O2. The highest BCUT2D eigenvalue weighted by molar-refractivity contribution is 5.87. The molecule has 4 nitrogen and oxygen atoms in total. The summed E-state index contributed by atoms with van der Waals surface area (Å²) in [5.74, 6) is 4.23. The number of fused-ring (bicyclic) bond motifs is 5. The van der Waals surface area contributed by atoms with Crippen molar-refractivity contribution in [1.82, 2.24) is 5.32 Å². The quantitative estimate of drug-likeness (QED) is 0.707. The number of oxime groups is 1. The van der Waals surface area contributed by atoms with E-state index in [1.165, 1.54) is 25.0 Å². The monoisotopic (exact) mass is 386 g/mol. The molecule has 0 amide bonds. The molecule has 0 aromatic rings. The van der Waals surface area contributed by atoms with Crippen molar-refractivity contribution in [1.29, 1.82) is 0 Å². The third-order valence-electron chi connectivity index (χ3n) is 9.91. The van der Waals surface area contributed by atoms with E-state index in [-0.39, 0.29) is 11.5 Å². The summed E-state index contributed by atoms with van der Waals surface area (Å²) in [6, 6.07) is 0. The van der Waals surface area contributed by atoms with E-state index in [1.54, 1.807) is 0 Å². The van der Waals surface area contributed by atoms with Gasteiger partial charge in [0.2, 0.25) is 0 Å². The van der Waals surface area contributed by atoms with Gasteiger partial charge in [0.1, 0.15) is 11.9 Å². The van der Waals surface area contributed by atoms with Crippen LogP contribution in [0.2, 0.25) is 0 Å². The summed E-state index contributed by atoms with van der Waals surface area (Å²) in [7, 11) is 0. The molecular weight excluding hydrogens is 348 g/mol. The first-order valence-electron chi connectivity index (χ1n) is 11.9. The normalized spacial score (nSPS) is 52.2. The SMILES string of the molecule is C[C@@H]1CC2C/C(=N\O[C@H]3CCNC3)CC[C@]2(C)[C@H]2CC[C@]3(C)C(=O)CC[C@H]3[C@H]12. The van der Waals surface area contributed by atoms with Crippen LogP contribution in [0.3, 0.4) is 0 Å². The van der Waals surface area contributed by atoms with Crippen LogP contribution in [-0.4, -0.2) is 30.7 Å². The number of Topliss-reactive ketones (excluding diaryl/α,β-unsaturated/α-hetero) is 1. The van der Waals surface area contributed by atoms with E-state index in [0.717, 1.165) is 75.3 Å². The van der Waals surface area contributed by atoms with Crippen molar-refractivity contribution in [2.24, 2.45) is 45.6 Å². The van der Waals surface area contributed by atoms with Crippen LogP contribution in [0.5, 0.6) is 0 Å². The molecule has 1 unspecified atom stereocenters. The van der Waals surface area contributed by atoms with Crippen molar-refractivity contribution in [3.63, 3.8) is 0 Å². The van der Waals surface area contributed by atoms with Gasteiger partial charge in [-0.15, -0.1) is 0 Å². The Labute approximate surface area is 170 Å². The molecule has 1 saturated heterocycles.